The van der Waals surface area contributed by atoms with Crippen molar-refractivity contribution in [2.75, 3.05) is 0 Å². The molecule has 0 aliphatic heterocycles. The molecule has 1 aromatic heterocycles. The molecule has 1 atom stereocenters. The van der Waals surface area contributed by atoms with Crippen LogP contribution in [0, 0.1) is 0 Å². The zero-order chi connectivity index (χ0) is 19.8. The van der Waals surface area contributed by atoms with Crippen molar-refractivity contribution in [3.8, 4) is 11.4 Å². The lowest BCUT2D eigenvalue weighted by molar-refractivity contribution is -0.134. The van der Waals surface area contributed by atoms with Gasteiger partial charge in [-0.25, -0.2) is 0 Å². The fraction of sp³-hybridized carbons (Fsp3) is 0.364. The molecule has 146 valence electrons. The van der Waals surface area contributed by atoms with Gasteiger partial charge in [-0.3, -0.25) is 4.79 Å². The molecular weight excluding hydrogens is 350 g/mol. The third-order valence-electron chi connectivity index (χ3n) is 4.87. The summed E-state index contributed by atoms with van der Waals surface area (Å²) in [6, 6.07) is 20.1. The first-order chi connectivity index (χ1) is 13.7. The van der Waals surface area contributed by atoms with E-state index in [9.17, 15) is 4.79 Å². The summed E-state index contributed by atoms with van der Waals surface area (Å²) in [6.45, 7) is 5.44. The van der Waals surface area contributed by atoms with Crippen LogP contribution in [0.25, 0.3) is 11.4 Å². The number of hydrogen-bond donors (Lipinski definition) is 0. The highest BCUT2D eigenvalue weighted by Gasteiger charge is 2.19. The van der Waals surface area contributed by atoms with Gasteiger partial charge < -0.3 is 4.90 Å². The Bertz CT molecular complexity index is 863. The first-order valence-electron chi connectivity index (χ1n) is 9.84. The van der Waals surface area contributed by atoms with Gasteiger partial charge in [-0.05, 0) is 30.5 Å². The summed E-state index contributed by atoms with van der Waals surface area (Å²) in [5.41, 5.74) is 2.09. The van der Waals surface area contributed by atoms with Crippen molar-refractivity contribution in [3.63, 3.8) is 0 Å². The van der Waals surface area contributed by atoms with Crippen LogP contribution in [0.3, 0.4) is 0 Å². The lowest BCUT2D eigenvalue weighted by Gasteiger charge is -2.29. The predicted octanol–water partition coefficient (Wildman–Crippen LogP) is 3.95. The number of hydrogen-bond acceptors (Lipinski definition) is 4. The number of rotatable bonds is 9. The Balaban J connectivity index is 1.55. The van der Waals surface area contributed by atoms with Gasteiger partial charge in [0.15, 0.2) is 0 Å². The number of carbonyl (C=O) groups is 1. The first-order valence-corrected chi connectivity index (χ1v) is 9.84. The fourth-order valence-corrected chi connectivity index (χ4v) is 3.05. The third-order valence-corrected chi connectivity index (χ3v) is 4.87. The zero-order valence-corrected chi connectivity index (χ0v) is 16.5. The standard InChI is InChI=1S/C22H27N5O/c1-3-18(2)26(17-19-11-6-4-7-12-19)21(28)15-10-16-27-24-22(23-25-27)20-13-8-5-9-14-20/h4-9,11-14,18H,3,10,15-17H2,1-2H3. The van der Waals surface area contributed by atoms with Crippen molar-refractivity contribution in [1.82, 2.24) is 25.1 Å². The number of nitrogens with zero attached hydrogens (tertiary/aromatic N) is 5. The highest BCUT2D eigenvalue weighted by molar-refractivity contribution is 5.76. The Morgan fingerprint density at radius 1 is 1.07 bits per heavy atom. The van der Waals surface area contributed by atoms with E-state index in [1.165, 1.54) is 0 Å². The average Bonchev–Trinajstić information content (AvgIpc) is 3.21. The molecule has 0 aliphatic carbocycles. The highest BCUT2D eigenvalue weighted by Crippen LogP contribution is 2.14. The maximum absolute atomic E-state index is 12.8. The maximum atomic E-state index is 12.8. The Kier molecular flexibility index (Phi) is 6.89. The van der Waals surface area contributed by atoms with Crippen molar-refractivity contribution in [1.29, 1.82) is 0 Å². The van der Waals surface area contributed by atoms with E-state index in [1.54, 1.807) is 4.80 Å². The van der Waals surface area contributed by atoms with Crippen LogP contribution < -0.4 is 0 Å². The molecule has 0 aliphatic rings. The lowest BCUT2D eigenvalue weighted by atomic mass is 10.1. The molecule has 1 heterocycles. The Hall–Kier alpha value is -3.02. The maximum Gasteiger partial charge on any atom is 0.223 e. The summed E-state index contributed by atoms with van der Waals surface area (Å²) >= 11 is 0. The molecule has 6 nitrogen and oxygen atoms in total. The van der Waals surface area contributed by atoms with E-state index < -0.39 is 0 Å². The smallest absolute Gasteiger partial charge is 0.223 e. The molecule has 0 N–H and O–H groups in total. The molecule has 0 saturated heterocycles. The van der Waals surface area contributed by atoms with E-state index in [2.05, 4.69) is 41.4 Å². The topological polar surface area (TPSA) is 63.9 Å². The minimum absolute atomic E-state index is 0.168. The molecular formula is C22H27N5O. The summed E-state index contributed by atoms with van der Waals surface area (Å²) in [5.74, 6) is 0.777. The molecule has 0 bridgehead atoms. The van der Waals surface area contributed by atoms with Gasteiger partial charge in [0.05, 0.1) is 6.54 Å². The van der Waals surface area contributed by atoms with Gasteiger partial charge in [-0.2, -0.15) is 4.80 Å². The second kappa shape index (κ2) is 9.78. The molecule has 3 aromatic rings. The second-order valence-electron chi connectivity index (χ2n) is 6.94. The van der Waals surface area contributed by atoms with Crippen LogP contribution >= 0.6 is 0 Å². The molecule has 1 unspecified atom stereocenters. The van der Waals surface area contributed by atoms with Gasteiger partial charge >= 0.3 is 0 Å². The van der Waals surface area contributed by atoms with Crippen molar-refractivity contribution in [3.05, 3.63) is 66.2 Å². The van der Waals surface area contributed by atoms with Crippen molar-refractivity contribution in [2.24, 2.45) is 0 Å². The van der Waals surface area contributed by atoms with Crippen molar-refractivity contribution < 1.29 is 4.79 Å². The molecule has 28 heavy (non-hydrogen) atoms. The van der Waals surface area contributed by atoms with E-state index in [4.69, 9.17) is 0 Å². The predicted molar refractivity (Wildman–Crippen MR) is 109 cm³/mol. The van der Waals surface area contributed by atoms with Crippen molar-refractivity contribution in [2.45, 2.75) is 52.2 Å². The third kappa shape index (κ3) is 5.25. The lowest BCUT2D eigenvalue weighted by Crippen LogP contribution is -2.37. The van der Waals surface area contributed by atoms with E-state index in [1.807, 2.05) is 53.4 Å². The summed E-state index contributed by atoms with van der Waals surface area (Å²) in [4.78, 5) is 16.4. The Morgan fingerprint density at radius 2 is 1.75 bits per heavy atom. The first kappa shape index (κ1) is 19.7. The minimum Gasteiger partial charge on any atom is -0.336 e. The van der Waals surface area contributed by atoms with Gasteiger partial charge in [0.2, 0.25) is 11.7 Å². The van der Waals surface area contributed by atoms with Crippen LogP contribution in [0.15, 0.2) is 60.7 Å². The van der Waals surface area contributed by atoms with Crippen LogP contribution in [0.5, 0.6) is 0 Å². The molecule has 2 aromatic carbocycles. The quantitative estimate of drug-likeness (QED) is 0.566. The minimum atomic E-state index is 0.168. The van der Waals surface area contributed by atoms with Gasteiger partial charge in [0.1, 0.15) is 0 Å². The monoisotopic (exact) mass is 377 g/mol. The SMILES string of the molecule is CCC(C)N(Cc1ccccc1)C(=O)CCCn1nnc(-c2ccccc2)n1. The summed E-state index contributed by atoms with van der Waals surface area (Å²) < 4.78 is 0. The van der Waals surface area contributed by atoms with E-state index in [0.29, 0.717) is 31.8 Å². The number of benzene rings is 2. The Labute approximate surface area is 166 Å². The van der Waals surface area contributed by atoms with Crippen molar-refractivity contribution >= 4 is 5.91 Å². The molecule has 1 amide bonds. The second-order valence-corrected chi connectivity index (χ2v) is 6.94. The van der Waals surface area contributed by atoms with Crippen LogP contribution in [0.4, 0.5) is 0 Å². The Morgan fingerprint density at radius 3 is 2.43 bits per heavy atom. The van der Waals surface area contributed by atoms with Gasteiger partial charge in [0, 0.05) is 24.6 Å². The van der Waals surface area contributed by atoms with E-state index in [-0.39, 0.29) is 11.9 Å². The average molecular weight is 377 g/mol. The number of aromatic nitrogens is 4. The zero-order valence-electron chi connectivity index (χ0n) is 16.5. The van der Waals surface area contributed by atoms with Crippen LogP contribution in [-0.4, -0.2) is 37.1 Å². The number of amides is 1. The van der Waals surface area contributed by atoms with E-state index in [0.717, 1.165) is 17.5 Å². The van der Waals surface area contributed by atoms with Crippen LogP contribution in [0.2, 0.25) is 0 Å². The number of tetrazole rings is 1. The fourth-order valence-electron chi connectivity index (χ4n) is 3.05. The summed E-state index contributed by atoms with van der Waals surface area (Å²) in [6.07, 6.45) is 2.09. The number of aryl methyl sites for hydroxylation is 1. The van der Waals surface area contributed by atoms with Crippen LogP contribution in [-0.2, 0) is 17.9 Å². The molecule has 0 radical (unpaired) electrons. The number of carbonyl (C=O) groups excluding carboxylic acids is 1. The molecule has 0 fully saturated rings. The molecule has 6 heteroatoms. The highest BCUT2D eigenvalue weighted by atomic mass is 16.2. The molecule has 0 spiro atoms. The normalized spacial score (nSPS) is 11.9. The van der Waals surface area contributed by atoms with E-state index >= 15 is 0 Å². The van der Waals surface area contributed by atoms with Gasteiger partial charge in [-0.1, -0.05) is 67.6 Å². The largest absolute Gasteiger partial charge is 0.336 e. The molecule has 3 rings (SSSR count). The summed E-state index contributed by atoms with van der Waals surface area (Å²) in [5, 5.41) is 12.6. The molecule has 0 saturated carbocycles. The van der Waals surface area contributed by atoms with Gasteiger partial charge in [0.25, 0.3) is 0 Å². The summed E-state index contributed by atoms with van der Waals surface area (Å²) in [7, 11) is 0. The van der Waals surface area contributed by atoms with Crippen LogP contribution in [0.1, 0.15) is 38.7 Å². The van der Waals surface area contributed by atoms with Gasteiger partial charge in [-0.15, -0.1) is 10.2 Å².